The Bertz CT molecular complexity index is 1630. The van der Waals surface area contributed by atoms with Gasteiger partial charge in [-0.15, -0.1) is 0 Å². The van der Waals surface area contributed by atoms with Crippen LogP contribution in [0.4, 0.5) is 4.39 Å². The molecular weight excluding hydrogens is 489 g/mol. The summed E-state index contributed by atoms with van der Waals surface area (Å²) in [4.78, 5) is 44.0. The van der Waals surface area contributed by atoms with Crippen molar-refractivity contribution in [1.82, 2.24) is 14.9 Å². The van der Waals surface area contributed by atoms with Gasteiger partial charge in [-0.05, 0) is 62.8 Å². The molecule has 2 aromatic heterocycles. The Morgan fingerprint density at radius 3 is 2.74 bits per heavy atom. The number of amides is 1. The molecule has 4 heterocycles. The average Bonchev–Trinajstić information content (AvgIpc) is 3.23. The van der Waals surface area contributed by atoms with Gasteiger partial charge >= 0.3 is 5.97 Å². The van der Waals surface area contributed by atoms with Gasteiger partial charge in [0.1, 0.15) is 12.4 Å². The van der Waals surface area contributed by atoms with Gasteiger partial charge in [-0.1, -0.05) is 6.92 Å². The van der Waals surface area contributed by atoms with Gasteiger partial charge in [0.25, 0.3) is 5.56 Å². The fraction of sp³-hybridized carbons (Fsp3) is 0.448. The number of nitrogens with zero attached hydrogens (tertiary/aromatic N) is 2. The number of aromatic nitrogens is 2. The minimum absolute atomic E-state index is 0.127. The minimum Gasteiger partial charge on any atom is -0.458 e. The standard InChI is InChI=1S/C29H30FN3O5/c1-6-29(38-13(2)3)19-9-23-26-17(11-33(23)27(35)18(19)12-37-28(29)36)25-21(31-15(5)34)8-7-16-14(4)20(30)10-22(32-26)24(16)25/h9-10,13,21H,6-8,11-12H2,1-5H3,(H,31,34). The lowest BCUT2D eigenvalue weighted by Crippen LogP contribution is -2.47. The number of halogens is 1. The fourth-order valence-electron chi connectivity index (χ4n) is 6.53. The number of pyridine rings is 2. The second-order valence-corrected chi connectivity index (χ2v) is 10.7. The molecule has 0 spiro atoms. The largest absolute Gasteiger partial charge is 0.458 e. The molecule has 1 aliphatic carbocycles. The quantitative estimate of drug-likeness (QED) is 0.408. The van der Waals surface area contributed by atoms with Crippen LogP contribution in [0.25, 0.3) is 22.3 Å². The van der Waals surface area contributed by atoms with Crippen LogP contribution in [0.3, 0.4) is 0 Å². The van der Waals surface area contributed by atoms with E-state index in [1.165, 1.54) is 13.0 Å². The highest BCUT2D eigenvalue weighted by molar-refractivity contribution is 5.93. The Hall–Kier alpha value is -3.59. The monoisotopic (exact) mass is 519 g/mol. The number of rotatable bonds is 4. The lowest BCUT2D eigenvalue weighted by Gasteiger charge is -2.37. The number of hydrogen-bond acceptors (Lipinski definition) is 6. The molecule has 1 aromatic carbocycles. The van der Waals surface area contributed by atoms with Gasteiger partial charge in [0.2, 0.25) is 5.91 Å². The van der Waals surface area contributed by atoms with Gasteiger partial charge in [0, 0.05) is 29.5 Å². The van der Waals surface area contributed by atoms with Crippen LogP contribution in [-0.4, -0.2) is 27.5 Å². The van der Waals surface area contributed by atoms with E-state index in [1.807, 2.05) is 26.8 Å². The molecule has 0 fully saturated rings. The van der Waals surface area contributed by atoms with Gasteiger partial charge in [0.05, 0.1) is 41.2 Å². The maximum atomic E-state index is 15.0. The SMILES string of the molecule is CCC1(OC(C)C)C(=O)OCc2c1cc1n(c2=O)Cc2c-1nc1cc(F)c(C)c3c1c2C(NC(C)=O)CC3. The zero-order chi connectivity index (χ0) is 27.1. The second kappa shape index (κ2) is 8.46. The minimum atomic E-state index is -1.40. The van der Waals surface area contributed by atoms with E-state index in [-0.39, 0.29) is 42.6 Å². The normalized spacial score (nSPS) is 21.2. The Balaban J connectivity index is 1.66. The van der Waals surface area contributed by atoms with Crippen LogP contribution in [0, 0.1) is 12.7 Å². The lowest BCUT2D eigenvalue weighted by molar-refractivity contribution is -0.187. The molecule has 1 amide bonds. The van der Waals surface area contributed by atoms with E-state index in [2.05, 4.69) is 5.32 Å². The van der Waals surface area contributed by atoms with Gasteiger partial charge < -0.3 is 19.4 Å². The Morgan fingerprint density at radius 1 is 1.29 bits per heavy atom. The molecule has 2 aliphatic heterocycles. The molecule has 2 unspecified atom stereocenters. The summed E-state index contributed by atoms with van der Waals surface area (Å²) in [5, 5.41) is 3.91. The number of aryl methyl sites for hydroxylation is 1. The van der Waals surface area contributed by atoms with E-state index < -0.39 is 11.6 Å². The molecule has 8 nitrogen and oxygen atoms in total. The van der Waals surface area contributed by atoms with Crippen LogP contribution in [0.5, 0.6) is 0 Å². The Kier molecular flexibility index (Phi) is 5.51. The molecule has 1 N–H and O–H groups in total. The first kappa shape index (κ1) is 24.7. The fourth-order valence-corrected chi connectivity index (χ4v) is 6.53. The number of benzene rings is 1. The number of esters is 1. The molecule has 0 radical (unpaired) electrons. The average molecular weight is 520 g/mol. The van der Waals surface area contributed by atoms with E-state index in [9.17, 15) is 18.8 Å². The molecule has 198 valence electrons. The first-order chi connectivity index (χ1) is 18.1. The van der Waals surface area contributed by atoms with Crippen LogP contribution in [0.15, 0.2) is 16.9 Å². The van der Waals surface area contributed by atoms with Gasteiger partial charge in [-0.25, -0.2) is 14.2 Å². The summed E-state index contributed by atoms with van der Waals surface area (Å²) in [6.45, 7) is 8.89. The third-order valence-corrected chi connectivity index (χ3v) is 8.16. The lowest BCUT2D eigenvalue weighted by atomic mass is 9.81. The molecular formula is C29H30FN3O5. The first-order valence-electron chi connectivity index (χ1n) is 13.1. The molecule has 0 bridgehead atoms. The molecule has 3 aliphatic rings. The van der Waals surface area contributed by atoms with Crippen LogP contribution >= 0.6 is 0 Å². The van der Waals surface area contributed by atoms with Crippen molar-refractivity contribution in [3.8, 4) is 11.4 Å². The van der Waals surface area contributed by atoms with E-state index in [4.69, 9.17) is 14.5 Å². The smallest absolute Gasteiger partial charge is 0.343 e. The summed E-state index contributed by atoms with van der Waals surface area (Å²) in [6, 6.07) is 2.97. The van der Waals surface area contributed by atoms with Crippen LogP contribution in [0.1, 0.15) is 80.0 Å². The predicted octanol–water partition coefficient (Wildman–Crippen LogP) is 4.08. The number of hydrogen-bond donors (Lipinski definition) is 1. The topological polar surface area (TPSA) is 99.5 Å². The molecule has 3 aromatic rings. The predicted molar refractivity (Wildman–Crippen MR) is 138 cm³/mol. The summed E-state index contributed by atoms with van der Waals surface area (Å²) in [6.07, 6.45) is 1.24. The maximum Gasteiger partial charge on any atom is 0.343 e. The third-order valence-electron chi connectivity index (χ3n) is 8.16. The van der Waals surface area contributed by atoms with Crippen molar-refractivity contribution in [2.24, 2.45) is 0 Å². The summed E-state index contributed by atoms with van der Waals surface area (Å²) >= 11 is 0. The van der Waals surface area contributed by atoms with Crippen LogP contribution < -0.4 is 10.9 Å². The first-order valence-corrected chi connectivity index (χ1v) is 13.1. The van der Waals surface area contributed by atoms with Gasteiger partial charge in [-0.2, -0.15) is 0 Å². The van der Waals surface area contributed by atoms with E-state index in [0.29, 0.717) is 52.9 Å². The number of carbonyl (C=O) groups excluding carboxylic acids is 2. The molecule has 2 atom stereocenters. The number of nitrogens with one attached hydrogen (secondary N) is 1. The second-order valence-electron chi connectivity index (χ2n) is 10.7. The summed E-state index contributed by atoms with van der Waals surface area (Å²) in [7, 11) is 0. The van der Waals surface area contributed by atoms with Crippen molar-refractivity contribution >= 4 is 22.8 Å². The van der Waals surface area contributed by atoms with Crippen molar-refractivity contribution in [1.29, 1.82) is 0 Å². The van der Waals surface area contributed by atoms with Crippen molar-refractivity contribution in [2.75, 3.05) is 0 Å². The zero-order valence-corrected chi connectivity index (χ0v) is 22.2. The van der Waals surface area contributed by atoms with Crippen LogP contribution in [-0.2, 0) is 44.2 Å². The van der Waals surface area contributed by atoms with E-state index in [0.717, 1.165) is 22.1 Å². The summed E-state index contributed by atoms with van der Waals surface area (Å²) in [5.41, 5.74) is 4.02. The number of ether oxygens (including phenoxy) is 2. The highest BCUT2D eigenvalue weighted by Crippen LogP contribution is 2.46. The van der Waals surface area contributed by atoms with Crippen molar-refractivity contribution in [3.63, 3.8) is 0 Å². The molecule has 9 heteroatoms. The number of fused-ring (bicyclic) bond motifs is 5. The van der Waals surface area contributed by atoms with Gasteiger partial charge in [0.15, 0.2) is 5.60 Å². The van der Waals surface area contributed by atoms with Crippen molar-refractivity contribution < 1.29 is 23.5 Å². The molecule has 0 saturated heterocycles. The molecule has 0 saturated carbocycles. The summed E-state index contributed by atoms with van der Waals surface area (Å²) in [5.74, 6) is -1.01. The Labute approximate surface area is 219 Å². The van der Waals surface area contributed by atoms with Crippen molar-refractivity contribution in [2.45, 2.75) is 84.8 Å². The highest BCUT2D eigenvalue weighted by atomic mass is 19.1. The highest BCUT2D eigenvalue weighted by Gasteiger charge is 2.49. The van der Waals surface area contributed by atoms with Gasteiger partial charge in [-0.3, -0.25) is 9.59 Å². The summed E-state index contributed by atoms with van der Waals surface area (Å²) < 4.78 is 28.2. The van der Waals surface area contributed by atoms with Crippen LogP contribution in [0.2, 0.25) is 0 Å². The van der Waals surface area contributed by atoms with E-state index in [1.54, 1.807) is 11.5 Å². The number of carbonyl (C=O) groups is 2. The third kappa shape index (κ3) is 3.30. The maximum absolute atomic E-state index is 15.0. The molecule has 6 rings (SSSR count). The molecule has 38 heavy (non-hydrogen) atoms. The zero-order valence-electron chi connectivity index (χ0n) is 22.2. The van der Waals surface area contributed by atoms with E-state index >= 15 is 0 Å². The van der Waals surface area contributed by atoms with Crippen molar-refractivity contribution in [3.05, 3.63) is 61.7 Å². The Morgan fingerprint density at radius 2 is 2.05 bits per heavy atom. The number of cyclic esters (lactones) is 1.